The fraction of sp³-hybridized carbons (Fsp3) is 0.696. The van der Waals surface area contributed by atoms with Gasteiger partial charge in [-0.2, -0.15) is 0 Å². The molecule has 1 saturated carbocycles. The van der Waals surface area contributed by atoms with Crippen molar-refractivity contribution in [3.05, 3.63) is 29.3 Å². The van der Waals surface area contributed by atoms with E-state index in [0.29, 0.717) is 11.9 Å². The molecule has 1 aliphatic heterocycles. The number of carbonyl (C=O) groups excluding carboxylic acids is 1. The molecule has 0 spiro atoms. The van der Waals surface area contributed by atoms with Gasteiger partial charge >= 0.3 is 0 Å². The van der Waals surface area contributed by atoms with E-state index in [4.69, 9.17) is 0 Å². The lowest BCUT2D eigenvalue weighted by molar-refractivity contribution is -0.123. The molecule has 1 saturated heterocycles. The Kier molecular flexibility index (Phi) is 6.93. The van der Waals surface area contributed by atoms with Gasteiger partial charge in [0.05, 0.1) is 0 Å². The molecule has 3 rings (SSSR count). The highest BCUT2D eigenvalue weighted by atomic mass is 16.2. The first kappa shape index (κ1) is 20.3. The van der Waals surface area contributed by atoms with Crippen LogP contribution in [0.3, 0.4) is 0 Å². The van der Waals surface area contributed by atoms with Crippen molar-refractivity contribution < 1.29 is 4.79 Å². The molecule has 1 aliphatic carbocycles. The molecule has 1 amide bonds. The van der Waals surface area contributed by atoms with E-state index in [1.54, 1.807) is 0 Å². The Morgan fingerprint density at radius 1 is 1.26 bits per heavy atom. The van der Waals surface area contributed by atoms with Crippen molar-refractivity contribution in [3.63, 3.8) is 0 Å². The Labute approximate surface area is 165 Å². The summed E-state index contributed by atoms with van der Waals surface area (Å²) in [5, 5.41) is 3.50. The van der Waals surface area contributed by atoms with Crippen molar-refractivity contribution in [2.75, 3.05) is 31.6 Å². The molecule has 0 bridgehead atoms. The lowest BCUT2D eigenvalue weighted by Gasteiger charge is -2.32. The molecule has 0 aromatic heterocycles. The average molecular weight is 372 g/mol. The molecule has 2 fully saturated rings. The standard InChI is InChI=1S/C23H37N3O/c1-5-19-6-8-20(9-7-19)23(27)25(4)22-11-10-21(17(2)14-22)16-26-13-12-24-18(3)15-26/h10-11,14,18-20,24H,5-9,12-13,15-16H2,1-4H3/t18-,19?,20?/m0/s1. The zero-order valence-corrected chi connectivity index (χ0v) is 17.6. The zero-order valence-electron chi connectivity index (χ0n) is 17.6. The van der Waals surface area contributed by atoms with Crippen LogP contribution in [0.5, 0.6) is 0 Å². The van der Waals surface area contributed by atoms with Gasteiger partial charge in [-0.25, -0.2) is 0 Å². The first-order valence-electron chi connectivity index (χ1n) is 10.8. The smallest absolute Gasteiger partial charge is 0.229 e. The minimum absolute atomic E-state index is 0.208. The second-order valence-corrected chi connectivity index (χ2v) is 8.72. The maximum Gasteiger partial charge on any atom is 0.229 e. The molecule has 1 N–H and O–H groups in total. The molecule has 1 aromatic carbocycles. The summed E-state index contributed by atoms with van der Waals surface area (Å²) in [6, 6.07) is 7.10. The molecule has 0 unspecified atom stereocenters. The Morgan fingerprint density at radius 2 is 2.00 bits per heavy atom. The van der Waals surface area contributed by atoms with Crippen LogP contribution < -0.4 is 10.2 Å². The van der Waals surface area contributed by atoms with Crippen molar-refractivity contribution in [1.29, 1.82) is 0 Å². The van der Waals surface area contributed by atoms with Crippen LogP contribution in [0.2, 0.25) is 0 Å². The third-order valence-electron chi connectivity index (χ3n) is 6.66. The first-order chi connectivity index (χ1) is 13.0. The van der Waals surface area contributed by atoms with Gasteiger partial charge in [0, 0.05) is 50.9 Å². The van der Waals surface area contributed by atoms with Crippen LogP contribution in [-0.4, -0.2) is 43.5 Å². The Bertz CT molecular complexity index is 637. The maximum absolute atomic E-state index is 13.0. The number of aryl methyl sites for hydroxylation is 1. The molecular weight excluding hydrogens is 334 g/mol. The minimum atomic E-state index is 0.208. The Balaban J connectivity index is 1.61. The second kappa shape index (κ2) is 9.20. The van der Waals surface area contributed by atoms with Crippen molar-refractivity contribution >= 4 is 11.6 Å². The number of hydrogen-bond donors (Lipinski definition) is 1. The third kappa shape index (κ3) is 5.11. The van der Waals surface area contributed by atoms with E-state index in [2.05, 4.69) is 49.2 Å². The molecule has 2 aliphatic rings. The van der Waals surface area contributed by atoms with Gasteiger partial charge in [0.2, 0.25) is 5.91 Å². The summed E-state index contributed by atoms with van der Waals surface area (Å²) in [5.74, 6) is 1.33. The number of nitrogens with zero attached hydrogens (tertiary/aromatic N) is 2. The van der Waals surface area contributed by atoms with Crippen LogP contribution >= 0.6 is 0 Å². The minimum Gasteiger partial charge on any atom is -0.315 e. The largest absolute Gasteiger partial charge is 0.315 e. The van der Waals surface area contributed by atoms with Crippen molar-refractivity contribution in [2.24, 2.45) is 11.8 Å². The van der Waals surface area contributed by atoms with Gasteiger partial charge in [0.1, 0.15) is 0 Å². The predicted octanol–water partition coefficient (Wildman–Crippen LogP) is 3.97. The summed E-state index contributed by atoms with van der Waals surface area (Å²) in [6.45, 7) is 11.0. The molecule has 150 valence electrons. The molecule has 4 heteroatoms. The van der Waals surface area contributed by atoms with Crippen molar-refractivity contribution in [1.82, 2.24) is 10.2 Å². The van der Waals surface area contributed by atoms with E-state index < -0.39 is 0 Å². The number of carbonyl (C=O) groups is 1. The van der Waals surface area contributed by atoms with Gasteiger partial charge in [-0.3, -0.25) is 9.69 Å². The van der Waals surface area contributed by atoms with E-state index >= 15 is 0 Å². The van der Waals surface area contributed by atoms with Crippen molar-refractivity contribution in [3.8, 4) is 0 Å². The van der Waals surface area contributed by atoms with Crippen LogP contribution in [-0.2, 0) is 11.3 Å². The number of amides is 1. The highest BCUT2D eigenvalue weighted by Gasteiger charge is 2.28. The van der Waals surface area contributed by atoms with Crippen LogP contribution in [0.15, 0.2) is 18.2 Å². The number of nitrogens with one attached hydrogen (secondary N) is 1. The van der Waals surface area contributed by atoms with E-state index in [0.717, 1.165) is 50.6 Å². The highest BCUT2D eigenvalue weighted by molar-refractivity contribution is 5.94. The fourth-order valence-corrected chi connectivity index (χ4v) is 4.68. The highest BCUT2D eigenvalue weighted by Crippen LogP contribution is 2.32. The number of benzene rings is 1. The number of anilines is 1. The number of piperazine rings is 1. The van der Waals surface area contributed by atoms with Gasteiger partial charge < -0.3 is 10.2 Å². The molecule has 4 nitrogen and oxygen atoms in total. The van der Waals surface area contributed by atoms with E-state index in [1.165, 1.54) is 30.4 Å². The predicted molar refractivity (Wildman–Crippen MR) is 113 cm³/mol. The summed E-state index contributed by atoms with van der Waals surface area (Å²) in [6.07, 6.45) is 5.78. The molecular formula is C23H37N3O. The number of rotatable bonds is 5. The zero-order chi connectivity index (χ0) is 19.4. The third-order valence-corrected chi connectivity index (χ3v) is 6.66. The number of hydrogen-bond acceptors (Lipinski definition) is 3. The maximum atomic E-state index is 13.0. The molecule has 1 heterocycles. The lowest BCUT2D eigenvalue weighted by Crippen LogP contribution is -2.48. The topological polar surface area (TPSA) is 35.6 Å². The van der Waals surface area contributed by atoms with Gasteiger partial charge in [-0.15, -0.1) is 0 Å². The van der Waals surface area contributed by atoms with Crippen LogP contribution in [0.25, 0.3) is 0 Å². The normalized spacial score (nSPS) is 26.7. The average Bonchev–Trinajstić information content (AvgIpc) is 2.68. The van der Waals surface area contributed by atoms with Gasteiger partial charge in [-0.05, 0) is 68.7 Å². The van der Waals surface area contributed by atoms with Gasteiger partial charge in [0.25, 0.3) is 0 Å². The summed E-state index contributed by atoms with van der Waals surface area (Å²) in [7, 11) is 1.95. The first-order valence-corrected chi connectivity index (χ1v) is 10.8. The van der Waals surface area contributed by atoms with Gasteiger partial charge in [-0.1, -0.05) is 19.4 Å². The summed E-state index contributed by atoms with van der Waals surface area (Å²) in [4.78, 5) is 17.4. The van der Waals surface area contributed by atoms with Crippen LogP contribution in [0, 0.1) is 18.8 Å². The monoisotopic (exact) mass is 371 g/mol. The molecule has 1 aromatic rings. The van der Waals surface area contributed by atoms with Gasteiger partial charge in [0.15, 0.2) is 0 Å². The van der Waals surface area contributed by atoms with E-state index in [-0.39, 0.29) is 5.92 Å². The molecule has 27 heavy (non-hydrogen) atoms. The Morgan fingerprint density at radius 3 is 2.63 bits per heavy atom. The Hall–Kier alpha value is -1.39. The SMILES string of the molecule is CCC1CCC(C(=O)N(C)c2ccc(CN3CCN[C@@H](C)C3)c(C)c2)CC1. The van der Waals surface area contributed by atoms with Crippen molar-refractivity contribution in [2.45, 2.75) is 65.5 Å². The lowest BCUT2D eigenvalue weighted by atomic mass is 9.80. The summed E-state index contributed by atoms with van der Waals surface area (Å²) >= 11 is 0. The molecule has 1 atom stereocenters. The molecule has 0 radical (unpaired) electrons. The second-order valence-electron chi connectivity index (χ2n) is 8.72. The quantitative estimate of drug-likeness (QED) is 0.851. The van der Waals surface area contributed by atoms with E-state index in [1.807, 2.05) is 11.9 Å². The fourth-order valence-electron chi connectivity index (χ4n) is 4.68. The summed E-state index contributed by atoms with van der Waals surface area (Å²) < 4.78 is 0. The van der Waals surface area contributed by atoms with Crippen LogP contribution in [0.4, 0.5) is 5.69 Å². The van der Waals surface area contributed by atoms with E-state index in [9.17, 15) is 4.79 Å². The summed E-state index contributed by atoms with van der Waals surface area (Å²) in [5.41, 5.74) is 3.69. The van der Waals surface area contributed by atoms with Crippen LogP contribution in [0.1, 0.15) is 57.1 Å².